The first-order valence-corrected chi connectivity index (χ1v) is 9.88. The third-order valence-electron chi connectivity index (χ3n) is 5.62. The molecule has 29 heavy (non-hydrogen) atoms. The number of oxazole rings is 1. The van der Waals surface area contributed by atoms with Gasteiger partial charge in [0.15, 0.2) is 17.2 Å². The highest BCUT2D eigenvalue weighted by Gasteiger charge is 2.30. The van der Waals surface area contributed by atoms with Crippen molar-refractivity contribution in [3.63, 3.8) is 0 Å². The van der Waals surface area contributed by atoms with Gasteiger partial charge in [0.2, 0.25) is 0 Å². The van der Waals surface area contributed by atoms with E-state index < -0.39 is 0 Å². The van der Waals surface area contributed by atoms with Crippen molar-refractivity contribution in [1.82, 2.24) is 9.88 Å². The molecule has 0 atom stereocenters. The van der Waals surface area contributed by atoms with Crippen LogP contribution in [-0.4, -0.2) is 36.0 Å². The lowest BCUT2D eigenvalue weighted by Gasteiger charge is -2.30. The summed E-state index contributed by atoms with van der Waals surface area (Å²) < 4.78 is 17.2. The summed E-state index contributed by atoms with van der Waals surface area (Å²) in [6.07, 6.45) is 1.64. The summed E-state index contributed by atoms with van der Waals surface area (Å²) in [5, 5.41) is 0.930. The Bertz CT molecular complexity index is 1140. The molecular formula is C23H22N2O4. The lowest BCUT2D eigenvalue weighted by Crippen LogP contribution is -2.38. The van der Waals surface area contributed by atoms with Gasteiger partial charge in [-0.1, -0.05) is 30.3 Å². The van der Waals surface area contributed by atoms with Crippen LogP contribution in [0.5, 0.6) is 0 Å². The number of hydrogen-bond acceptors (Lipinski definition) is 5. The second-order valence-corrected chi connectivity index (χ2v) is 7.43. The van der Waals surface area contributed by atoms with Crippen molar-refractivity contribution in [3.05, 3.63) is 65.7 Å². The largest absolute Gasteiger partial charge is 0.451 e. The Morgan fingerprint density at radius 2 is 1.79 bits per heavy atom. The summed E-state index contributed by atoms with van der Waals surface area (Å²) >= 11 is 0. The minimum Gasteiger partial charge on any atom is -0.451 e. The van der Waals surface area contributed by atoms with E-state index in [2.05, 4.69) is 4.98 Å². The summed E-state index contributed by atoms with van der Waals surface area (Å²) in [6, 6.07) is 15.5. The van der Waals surface area contributed by atoms with Gasteiger partial charge in [0.05, 0.1) is 6.61 Å². The highest BCUT2D eigenvalue weighted by atomic mass is 16.5. The Morgan fingerprint density at radius 3 is 2.55 bits per heavy atom. The second-order valence-electron chi connectivity index (χ2n) is 7.43. The number of aromatic nitrogens is 1. The third kappa shape index (κ3) is 3.19. The van der Waals surface area contributed by atoms with Gasteiger partial charge >= 0.3 is 0 Å². The third-order valence-corrected chi connectivity index (χ3v) is 5.62. The molecule has 0 aliphatic carbocycles. The van der Waals surface area contributed by atoms with Crippen LogP contribution in [0.3, 0.4) is 0 Å². The molecule has 1 saturated heterocycles. The van der Waals surface area contributed by atoms with Crippen molar-refractivity contribution in [3.8, 4) is 0 Å². The number of benzene rings is 2. The number of furan rings is 1. The number of likely N-dealkylation sites (tertiary alicyclic amines) is 1. The number of amides is 1. The van der Waals surface area contributed by atoms with E-state index in [0.29, 0.717) is 31.0 Å². The van der Waals surface area contributed by atoms with Crippen molar-refractivity contribution in [2.45, 2.75) is 25.4 Å². The fraction of sp³-hybridized carbons (Fsp3) is 0.304. The summed E-state index contributed by atoms with van der Waals surface area (Å²) in [6.45, 7) is 1.63. The SMILES string of the molecule is COCc1c(C(=O)N2CCC(c3nc4ccccc4o3)CC2)oc2ccccc12. The minimum atomic E-state index is -0.0794. The molecule has 148 valence electrons. The maximum Gasteiger partial charge on any atom is 0.289 e. The van der Waals surface area contributed by atoms with E-state index in [1.165, 1.54) is 0 Å². The average molecular weight is 390 g/mol. The van der Waals surface area contributed by atoms with Crippen LogP contribution in [0.15, 0.2) is 57.4 Å². The number of methoxy groups -OCH3 is 1. The molecule has 1 fully saturated rings. The smallest absolute Gasteiger partial charge is 0.289 e. The number of para-hydroxylation sites is 3. The normalized spacial score (nSPS) is 15.4. The van der Waals surface area contributed by atoms with Crippen molar-refractivity contribution < 1.29 is 18.4 Å². The van der Waals surface area contributed by atoms with Crippen LogP contribution in [-0.2, 0) is 11.3 Å². The molecule has 0 saturated carbocycles. The predicted octanol–water partition coefficient (Wildman–Crippen LogP) is 4.74. The maximum atomic E-state index is 13.2. The van der Waals surface area contributed by atoms with E-state index in [4.69, 9.17) is 13.6 Å². The molecule has 4 aromatic rings. The van der Waals surface area contributed by atoms with Crippen LogP contribution in [0.4, 0.5) is 0 Å². The number of carbonyl (C=O) groups excluding carboxylic acids is 1. The highest BCUT2D eigenvalue weighted by Crippen LogP contribution is 2.32. The van der Waals surface area contributed by atoms with E-state index in [0.717, 1.165) is 40.8 Å². The fourth-order valence-electron chi connectivity index (χ4n) is 4.10. The Morgan fingerprint density at radius 1 is 1.07 bits per heavy atom. The summed E-state index contributed by atoms with van der Waals surface area (Å²) in [5.41, 5.74) is 3.22. The molecule has 6 nitrogen and oxygen atoms in total. The number of ether oxygens (including phenoxy) is 1. The van der Waals surface area contributed by atoms with Crippen molar-refractivity contribution in [1.29, 1.82) is 0 Å². The number of hydrogen-bond donors (Lipinski definition) is 0. The zero-order valence-corrected chi connectivity index (χ0v) is 16.3. The first kappa shape index (κ1) is 17.9. The highest BCUT2D eigenvalue weighted by molar-refractivity contribution is 5.99. The van der Waals surface area contributed by atoms with E-state index in [1.54, 1.807) is 7.11 Å². The Labute approximate surface area is 168 Å². The van der Waals surface area contributed by atoms with Gasteiger partial charge in [-0.25, -0.2) is 4.98 Å². The van der Waals surface area contributed by atoms with Gasteiger partial charge in [-0.3, -0.25) is 4.79 Å². The van der Waals surface area contributed by atoms with Gasteiger partial charge in [0, 0.05) is 37.1 Å². The predicted molar refractivity (Wildman–Crippen MR) is 109 cm³/mol. The molecule has 6 heteroatoms. The standard InChI is InChI=1S/C23H22N2O4/c1-27-14-17-16-6-2-4-8-19(16)28-21(17)23(26)25-12-10-15(11-13-25)22-24-18-7-3-5-9-20(18)29-22/h2-9,15H,10-14H2,1H3. The summed E-state index contributed by atoms with van der Waals surface area (Å²) in [7, 11) is 1.63. The molecule has 0 N–H and O–H groups in total. The number of nitrogens with zero attached hydrogens (tertiary/aromatic N) is 2. The topological polar surface area (TPSA) is 68.7 Å². The minimum absolute atomic E-state index is 0.0794. The monoisotopic (exact) mass is 390 g/mol. The Hall–Kier alpha value is -3.12. The van der Waals surface area contributed by atoms with E-state index in [9.17, 15) is 4.79 Å². The first-order chi connectivity index (χ1) is 14.2. The van der Waals surface area contributed by atoms with Crippen LogP contribution in [0.2, 0.25) is 0 Å². The van der Waals surface area contributed by atoms with E-state index in [1.807, 2.05) is 53.4 Å². The van der Waals surface area contributed by atoms with Gasteiger partial charge in [-0.05, 0) is 31.0 Å². The summed E-state index contributed by atoms with van der Waals surface area (Å²) in [5.74, 6) is 1.29. The van der Waals surface area contributed by atoms with Gasteiger partial charge in [0.1, 0.15) is 11.1 Å². The van der Waals surface area contributed by atoms with E-state index >= 15 is 0 Å². The fourth-order valence-corrected chi connectivity index (χ4v) is 4.10. The van der Waals surface area contributed by atoms with Crippen LogP contribution < -0.4 is 0 Å². The lowest BCUT2D eigenvalue weighted by atomic mass is 9.96. The number of carbonyl (C=O) groups is 1. The van der Waals surface area contributed by atoms with Crippen LogP contribution in [0, 0.1) is 0 Å². The molecule has 0 spiro atoms. The molecule has 1 aliphatic heterocycles. The molecule has 5 rings (SSSR count). The van der Waals surface area contributed by atoms with Gasteiger partial charge in [0.25, 0.3) is 5.91 Å². The van der Waals surface area contributed by atoms with Crippen molar-refractivity contribution >= 4 is 28.0 Å². The average Bonchev–Trinajstić information content (AvgIpc) is 3.36. The quantitative estimate of drug-likeness (QED) is 0.503. The zero-order valence-electron chi connectivity index (χ0n) is 16.3. The zero-order chi connectivity index (χ0) is 19.8. The van der Waals surface area contributed by atoms with Crippen LogP contribution in [0.1, 0.15) is 40.8 Å². The number of piperidine rings is 1. The van der Waals surface area contributed by atoms with Gasteiger partial charge in [-0.2, -0.15) is 0 Å². The second kappa shape index (κ2) is 7.37. The van der Waals surface area contributed by atoms with Crippen LogP contribution in [0.25, 0.3) is 22.1 Å². The maximum absolute atomic E-state index is 13.2. The molecule has 0 radical (unpaired) electrons. The molecule has 3 heterocycles. The summed E-state index contributed by atoms with van der Waals surface area (Å²) in [4.78, 5) is 19.7. The Balaban J connectivity index is 1.35. The molecule has 1 amide bonds. The van der Waals surface area contributed by atoms with Crippen molar-refractivity contribution in [2.75, 3.05) is 20.2 Å². The lowest BCUT2D eigenvalue weighted by molar-refractivity contribution is 0.0671. The van der Waals surface area contributed by atoms with Gasteiger partial charge < -0.3 is 18.5 Å². The molecule has 2 aromatic carbocycles. The number of fused-ring (bicyclic) bond motifs is 2. The van der Waals surface area contributed by atoms with Crippen LogP contribution >= 0.6 is 0 Å². The molecule has 1 aliphatic rings. The van der Waals surface area contributed by atoms with Crippen molar-refractivity contribution in [2.24, 2.45) is 0 Å². The molecule has 2 aromatic heterocycles. The first-order valence-electron chi connectivity index (χ1n) is 9.88. The van der Waals surface area contributed by atoms with Gasteiger partial charge in [-0.15, -0.1) is 0 Å². The number of rotatable bonds is 4. The Kier molecular flexibility index (Phi) is 4.56. The molecular weight excluding hydrogens is 368 g/mol. The molecule has 0 bridgehead atoms. The molecule has 0 unspecified atom stereocenters. The van der Waals surface area contributed by atoms with E-state index in [-0.39, 0.29) is 11.8 Å².